The molecular weight excluding hydrogens is 320 g/mol. The minimum Gasteiger partial charge on any atom is -0.465 e. The molecule has 2 bridgehead atoms. The molecule has 2 nitrogen and oxygen atoms in total. The fourth-order valence-corrected chi connectivity index (χ4v) is 5.90. The molecule has 4 rings (SSSR count). The summed E-state index contributed by atoms with van der Waals surface area (Å²) in [5.41, 5.74) is 1.40. The summed E-state index contributed by atoms with van der Waals surface area (Å²) in [5.74, 6) is 5.02. The first-order valence-electron chi connectivity index (χ1n) is 11.1. The van der Waals surface area contributed by atoms with Gasteiger partial charge in [-0.25, -0.2) is 0 Å². The van der Waals surface area contributed by atoms with Crippen LogP contribution in [-0.2, 0) is 11.2 Å². The summed E-state index contributed by atoms with van der Waals surface area (Å²) in [5, 5.41) is 0. The molecule has 0 N–H and O–H groups in total. The molecular formula is C24H36O2. The van der Waals surface area contributed by atoms with Crippen molar-refractivity contribution in [2.24, 2.45) is 29.6 Å². The lowest BCUT2D eigenvalue weighted by Crippen LogP contribution is -2.37. The lowest BCUT2D eigenvalue weighted by Gasteiger charge is -2.35. The van der Waals surface area contributed by atoms with Gasteiger partial charge in [0, 0.05) is 5.92 Å². The molecule has 0 radical (unpaired) electrons. The predicted octanol–water partition coefficient (Wildman–Crippen LogP) is 6.23. The average molecular weight is 357 g/mol. The van der Waals surface area contributed by atoms with Crippen LogP contribution in [0.15, 0.2) is 24.3 Å². The van der Waals surface area contributed by atoms with Crippen LogP contribution in [0.3, 0.4) is 0 Å². The molecule has 0 aliphatic heterocycles. The maximum atomic E-state index is 6.59. The fourth-order valence-electron chi connectivity index (χ4n) is 5.90. The van der Waals surface area contributed by atoms with Crippen LogP contribution in [0.5, 0.6) is 5.75 Å². The highest BCUT2D eigenvalue weighted by Gasteiger charge is 2.54. The van der Waals surface area contributed by atoms with Gasteiger partial charge in [0.1, 0.15) is 5.75 Å². The molecule has 3 aliphatic rings. The molecule has 0 heterocycles. The number of benzene rings is 1. The molecule has 0 amide bonds. The van der Waals surface area contributed by atoms with Crippen molar-refractivity contribution < 1.29 is 9.47 Å². The second-order valence-corrected chi connectivity index (χ2v) is 9.31. The van der Waals surface area contributed by atoms with Crippen LogP contribution < -0.4 is 4.74 Å². The Labute approximate surface area is 159 Å². The summed E-state index contributed by atoms with van der Waals surface area (Å²) < 4.78 is 12.9. The Morgan fingerprint density at radius 2 is 1.77 bits per heavy atom. The SMILES string of the molecule is CCCCc1ccc(OC(OC2CC3CC2C2CCCC32)C(C)C)cc1. The van der Waals surface area contributed by atoms with Crippen LogP contribution in [0.2, 0.25) is 0 Å². The molecule has 0 spiro atoms. The van der Waals surface area contributed by atoms with E-state index in [-0.39, 0.29) is 6.29 Å². The standard InChI is InChI=1S/C24H36O2/c1-4-5-7-17-10-12-19(13-11-17)25-24(16(2)3)26-23-15-18-14-22(23)21-9-6-8-20(18)21/h10-13,16,18,20-24H,4-9,14-15H2,1-3H3. The summed E-state index contributed by atoms with van der Waals surface area (Å²) in [6.07, 6.45) is 11.0. The third-order valence-corrected chi connectivity index (χ3v) is 7.22. The highest BCUT2D eigenvalue weighted by Crippen LogP contribution is 2.59. The van der Waals surface area contributed by atoms with E-state index in [1.54, 1.807) is 0 Å². The zero-order valence-electron chi connectivity index (χ0n) is 16.8. The van der Waals surface area contributed by atoms with Crippen molar-refractivity contribution in [2.45, 2.75) is 84.5 Å². The van der Waals surface area contributed by atoms with E-state index in [9.17, 15) is 0 Å². The number of hydrogen-bond acceptors (Lipinski definition) is 2. The van der Waals surface area contributed by atoms with Crippen molar-refractivity contribution in [3.63, 3.8) is 0 Å². The highest BCUT2D eigenvalue weighted by atomic mass is 16.7. The molecule has 3 aliphatic carbocycles. The lowest BCUT2D eigenvalue weighted by molar-refractivity contribution is -0.162. The Hall–Kier alpha value is -1.02. The summed E-state index contributed by atoms with van der Waals surface area (Å²) in [4.78, 5) is 0. The number of aryl methyl sites for hydroxylation is 1. The Bertz CT molecular complexity index is 578. The van der Waals surface area contributed by atoms with Gasteiger partial charge in [-0.3, -0.25) is 0 Å². The minimum absolute atomic E-state index is 0.124. The Morgan fingerprint density at radius 3 is 2.50 bits per heavy atom. The molecule has 2 heteroatoms. The number of fused-ring (bicyclic) bond motifs is 5. The molecule has 0 aromatic heterocycles. The molecule has 0 saturated heterocycles. The van der Waals surface area contributed by atoms with Gasteiger partial charge in [0.15, 0.2) is 0 Å². The third kappa shape index (κ3) is 3.67. The van der Waals surface area contributed by atoms with Crippen molar-refractivity contribution in [1.29, 1.82) is 0 Å². The number of ether oxygens (including phenoxy) is 2. The first-order chi connectivity index (χ1) is 12.7. The summed E-state index contributed by atoms with van der Waals surface area (Å²) >= 11 is 0. The minimum atomic E-state index is -0.124. The molecule has 1 aromatic rings. The van der Waals surface area contributed by atoms with E-state index in [2.05, 4.69) is 45.0 Å². The van der Waals surface area contributed by atoms with Crippen LogP contribution in [0.1, 0.15) is 71.3 Å². The van der Waals surface area contributed by atoms with Gasteiger partial charge >= 0.3 is 0 Å². The van der Waals surface area contributed by atoms with Crippen molar-refractivity contribution in [3.8, 4) is 5.75 Å². The van der Waals surface area contributed by atoms with Crippen molar-refractivity contribution in [3.05, 3.63) is 29.8 Å². The second kappa shape index (κ2) is 7.92. The molecule has 26 heavy (non-hydrogen) atoms. The largest absolute Gasteiger partial charge is 0.465 e. The van der Waals surface area contributed by atoms with Gasteiger partial charge in [-0.2, -0.15) is 0 Å². The number of unbranched alkanes of at least 4 members (excludes halogenated alkanes) is 1. The fraction of sp³-hybridized carbons (Fsp3) is 0.750. The Kier molecular flexibility index (Phi) is 5.59. The third-order valence-electron chi connectivity index (χ3n) is 7.22. The van der Waals surface area contributed by atoms with E-state index in [1.807, 2.05) is 0 Å². The summed E-state index contributed by atoms with van der Waals surface area (Å²) in [7, 11) is 0. The number of hydrogen-bond donors (Lipinski definition) is 0. The lowest BCUT2D eigenvalue weighted by atomic mass is 9.80. The Balaban J connectivity index is 1.36. The van der Waals surface area contributed by atoms with Gasteiger partial charge in [-0.05, 0) is 79.9 Å². The predicted molar refractivity (Wildman–Crippen MR) is 106 cm³/mol. The first kappa shape index (κ1) is 18.3. The summed E-state index contributed by atoms with van der Waals surface area (Å²) in [6.45, 7) is 6.67. The van der Waals surface area contributed by atoms with E-state index >= 15 is 0 Å². The maximum Gasteiger partial charge on any atom is 0.202 e. The van der Waals surface area contributed by atoms with Crippen LogP contribution >= 0.6 is 0 Å². The van der Waals surface area contributed by atoms with E-state index in [1.165, 1.54) is 50.5 Å². The quantitative estimate of drug-likeness (QED) is 0.514. The Morgan fingerprint density at radius 1 is 1.00 bits per heavy atom. The summed E-state index contributed by atoms with van der Waals surface area (Å²) in [6, 6.07) is 8.67. The van der Waals surface area contributed by atoms with Gasteiger partial charge in [-0.1, -0.05) is 45.7 Å². The van der Waals surface area contributed by atoms with Gasteiger partial charge in [-0.15, -0.1) is 0 Å². The van der Waals surface area contributed by atoms with Crippen LogP contribution in [0, 0.1) is 29.6 Å². The molecule has 1 aromatic carbocycles. The van der Waals surface area contributed by atoms with Crippen LogP contribution in [0.4, 0.5) is 0 Å². The smallest absolute Gasteiger partial charge is 0.202 e. The molecule has 6 unspecified atom stereocenters. The first-order valence-corrected chi connectivity index (χ1v) is 11.1. The van der Waals surface area contributed by atoms with Gasteiger partial charge in [0.05, 0.1) is 6.10 Å². The van der Waals surface area contributed by atoms with Crippen molar-refractivity contribution in [1.82, 2.24) is 0 Å². The van der Waals surface area contributed by atoms with E-state index in [0.29, 0.717) is 12.0 Å². The zero-order valence-corrected chi connectivity index (χ0v) is 16.8. The highest BCUT2D eigenvalue weighted by molar-refractivity contribution is 5.27. The van der Waals surface area contributed by atoms with Gasteiger partial charge < -0.3 is 9.47 Å². The second-order valence-electron chi connectivity index (χ2n) is 9.31. The molecule has 6 atom stereocenters. The topological polar surface area (TPSA) is 18.5 Å². The number of rotatable bonds is 8. The normalized spacial score (nSPS) is 33.6. The molecule has 3 fully saturated rings. The van der Waals surface area contributed by atoms with Crippen molar-refractivity contribution in [2.75, 3.05) is 0 Å². The average Bonchev–Trinajstić information content (AvgIpc) is 3.33. The van der Waals surface area contributed by atoms with E-state index in [0.717, 1.165) is 35.8 Å². The van der Waals surface area contributed by atoms with Gasteiger partial charge in [0.25, 0.3) is 0 Å². The van der Waals surface area contributed by atoms with Gasteiger partial charge in [0.2, 0.25) is 6.29 Å². The zero-order chi connectivity index (χ0) is 18.1. The van der Waals surface area contributed by atoms with Crippen molar-refractivity contribution >= 4 is 0 Å². The van der Waals surface area contributed by atoms with Crippen LogP contribution in [-0.4, -0.2) is 12.4 Å². The molecule has 144 valence electrons. The molecule has 3 saturated carbocycles. The monoisotopic (exact) mass is 356 g/mol. The van der Waals surface area contributed by atoms with Crippen LogP contribution in [0.25, 0.3) is 0 Å². The maximum absolute atomic E-state index is 6.59. The van der Waals surface area contributed by atoms with E-state index < -0.39 is 0 Å². The van der Waals surface area contributed by atoms with E-state index in [4.69, 9.17) is 9.47 Å².